The van der Waals surface area contributed by atoms with Crippen LogP contribution >= 0.6 is 0 Å². The molecule has 7 aromatic carbocycles. The van der Waals surface area contributed by atoms with Crippen LogP contribution in [0.4, 0.5) is 0 Å². The molecule has 3 heteroatoms. The molecule has 0 radical (unpaired) electrons. The Hall–Kier alpha value is -7.10. The zero-order chi connectivity index (χ0) is 37.5. The number of hydrogen-bond acceptors (Lipinski definition) is 0. The van der Waals surface area contributed by atoms with Crippen molar-refractivity contribution in [2.75, 3.05) is 0 Å². The topological polar surface area (TPSA) is 14.8 Å². The Kier molecular flexibility index (Phi) is 7.18. The highest BCUT2D eigenvalue weighted by molar-refractivity contribution is 6.11. The van der Waals surface area contributed by atoms with Crippen molar-refractivity contribution in [3.8, 4) is 33.6 Å². The van der Waals surface area contributed by atoms with Gasteiger partial charge in [-0.2, -0.15) is 0 Å². The van der Waals surface area contributed by atoms with Crippen LogP contribution in [0.3, 0.4) is 0 Å². The second-order valence-electron chi connectivity index (χ2n) is 15.6. The number of aromatic nitrogens is 3. The summed E-state index contributed by atoms with van der Waals surface area (Å²) in [5.74, 6) is 0. The standard InChI is InChI=1S/C54H39N3/c1-2-12-36(13-3-1)39-26-33-53-48(34-39)47-32-31-42(57-51-20-10-6-16-45(51)46-17-7-11-21-52(46)57)35-54(47)56(53)41-29-24-38(25-30-41)37-22-27-40(28-23-37)55-49-18-8-4-14-43(49)44-15-5-9-19-50(44)55/h1-4,6-14,16-30,33-35H,5,15,31-32H2. The smallest absolute Gasteiger partial charge is 0.0538 e. The molecule has 0 spiro atoms. The van der Waals surface area contributed by atoms with Crippen molar-refractivity contribution >= 4 is 61.5 Å². The summed E-state index contributed by atoms with van der Waals surface area (Å²) in [7, 11) is 0. The molecule has 2 aliphatic rings. The summed E-state index contributed by atoms with van der Waals surface area (Å²) in [6, 6.07) is 62.6. The zero-order valence-corrected chi connectivity index (χ0v) is 31.6. The predicted octanol–water partition coefficient (Wildman–Crippen LogP) is 13.9. The van der Waals surface area contributed by atoms with E-state index in [-0.39, 0.29) is 0 Å². The number of para-hydroxylation sites is 3. The van der Waals surface area contributed by atoms with E-state index < -0.39 is 0 Å². The van der Waals surface area contributed by atoms with Crippen molar-refractivity contribution in [3.63, 3.8) is 0 Å². The van der Waals surface area contributed by atoms with Gasteiger partial charge >= 0.3 is 0 Å². The van der Waals surface area contributed by atoms with E-state index in [4.69, 9.17) is 0 Å². The van der Waals surface area contributed by atoms with Gasteiger partial charge in [0, 0.05) is 44.3 Å². The Bertz CT molecular complexity index is 3200. The third-order valence-electron chi connectivity index (χ3n) is 12.5. The fourth-order valence-electron chi connectivity index (χ4n) is 9.84. The number of hydrogen-bond donors (Lipinski definition) is 0. The molecule has 3 nitrogen and oxygen atoms in total. The lowest BCUT2D eigenvalue weighted by molar-refractivity contribution is 0.936. The maximum atomic E-state index is 2.50. The van der Waals surface area contributed by atoms with Crippen molar-refractivity contribution < 1.29 is 0 Å². The van der Waals surface area contributed by atoms with Gasteiger partial charge in [-0.15, -0.1) is 0 Å². The Morgan fingerprint density at radius 1 is 0.351 bits per heavy atom. The van der Waals surface area contributed by atoms with E-state index in [2.05, 4.69) is 202 Å². The van der Waals surface area contributed by atoms with Crippen LogP contribution in [0.5, 0.6) is 0 Å². The molecule has 0 atom stereocenters. The van der Waals surface area contributed by atoms with Crippen LogP contribution in [0.1, 0.15) is 35.4 Å². The first-order valence-corrected chi connectivity index (χ1v) is 20.2. The van der Waals surface area contributed by atoms with Crippen LogP contribution < -0.4 is 0 Å². The lowest BCUT2D eigenvalue weighted by Crippen LogP contribution is -2.07. The summed E-state index contributed by atoms with van der Waals surface area (Å²) >= 11 is 0. The lowest BCUT2D eigenvalue weighted by Gasteiger charge is -2.19. The molecule has 270 valence electrons. The molecule has 0 aliphatic heterocycles. The molecule has 2 aliphatic carbocycles. The molecule has 0 N–H and O–H groups in total. The SMILES string of the molecule is C1=Cc2c(c3ccccc3n2-c2ccc(-c3ccc(-n4c5c(c6cc(-c7ccccc7)ccc64)CCC(n4c6ccccc6c6ccccc64)=C5)cc3)cc2)CC1. The molecule has 0 saturated heterocycles. The highest BCUT2D eigenvalue weighted by Gasteiger charge is 2.24. The normalized spacial score (nSPS) is 13.7. The van der Waals surface area contributed by atoms with Gasteiger partial charge in [0.1, 0.15) is 0 Å². The van der Waals surface area contributed by atoms with Crippen molar-refractivity contribution in [2.45, 2.75) is 25.7 Å². The molecule has 0 fully saturated rings. The van der Waals surface area contributed by atoms with Gasteiger partial charge in [0.15, 0.2) is 0 Å². The predicted molar refractivity (Wildman–Crippen MR) is 240 cm³/mol. The number of benzene rings is 7. The highest BCUT2D eigenvalue weighted by Crippen LogP contribution is 2.42. The van der Waals surface area contributed by atoms with Crippen LogP contribution in [-0.4, -0.2) is 13.7 Å². The van der Waals surface area contributed by atoms with Crippen molar-refractivity contribution in [2.24, 2.45) is 0 Å². The summed E-state index contributed by atoms with van der Waals surface area (Å²) in [6.07, 6.45) is 11.2. The summed E-state index contributed by atoms with van der Waals surface area (Å²) in [5, 5.41) is 5.30. The maximum Gasteiger partial charge on any atom is 0.0538 e. The van der Waals surface area contributed by atoms with Gasteiger partial charge < -0.3 is 13.7 Å². The summed E-state index contributed by atoms with van der Waals surface area (Å²) < 4.78 is 7.42. The fourth-order valence-corrected chi connectivity index (χ4v) is 9.84. The van der Waals surface area contributed by atoms with Gasteiger partial charge in [-0.05, 0) is 126 Å². The summed E-state index contributed by atoms with van der Waals surface area (Å²) in [4.78, 5) is 0. The number of aryl methyl sites for hydroxylation is 2. The minimum Gasteiger partial charge on any atom is -0.313 e. The minimum absolute atomic E-state index is 0.969. The molecule has 57 heavy (non-hydrogen) atoms. The molecule has 10 aromatic rings. The van der Waals surface area contributed by atoms with Crippen LogP contribution in [-0.2, 0) is 12.8 Å². The second kappa shape index (κ2) is 12.7. The molecule has 0 saturated carbocycles. The van der Waals surface area contributed by atoms with E-state index in [1.54, 1.807) is 0 Å². The van der Waals surface area contributed by atoms with Crippen LogP contribution in [0, 0.1) is 0 Å². The third-order valence-corrected chi connectivity index (χ3v) is 12.5. The molecule has 0 unspecified atom stereocenters. The minimum atomic E-state index is 0.969. The van der Waals surface area contributed by atoms with E-state index in [0.29, 0.717) is 0 Å². The van der Waals surface area contributed by atoms with Gasteiger partial charge in [-0.3, -0.25) is 0 Å². The van der Waals surface area contributed by atoms with Crippen LogP contribution in [0.25, 0.3) is 95.1 Å². The molecule has 3 aromatic heterocycles. The Labute approximate surface area is 331 Å². The molecule has 12 rings (SSSR count). The van der Waals surface area contributed by atoms with Crippen LogP contribution in [0.2, 0.25) is 0 Å². The lowest BCUT2D eigenvalue weighted by atomic mass is 9.96. The first-order valence-electron chi connectivity index (χ1n) is 20.2. The zero-order valence-electron chi connectivity index (χ0n) is 31.6. The Balaban J connectivity index is 0.975. The average molecular weight is 730 g/mol. The molecular formula is C54H39N3. The molecule has 0 bridgehead atoms. The van der Waals surface area contributed by atoms with Gasteiger partial charge in [0.05, 0.1) is 27.8 Å². The molecule has 3 heterocycles. The van der Waals surface area contributed by atoms with Gasteiger partial charge in [-0.25, -0.2) is 0 Å². The number of rotatable bonds is 5. The van der Waals surface area contributed by atoms with Gasteiger partial charge in [0.25, 0.3) is 0 Å². The Morgan fingerprint density at radius 2 is 0.860 bits per heavy atom. The third kappa shape index (κ3) is 4.98. The van der Waals surface area contributed by atoms with Gasteiger partial charge in [0.2, 0.25) is 0 Å². The summed E-state index contributed by atoms with van der Waals surface area (Å²) in [6.45, 7) is 0. The molecule has 0 amide bonds. The Morgan fingerprint density at radius 3 is 1.53 bits per heavy atom. The van der Waals surface area contributed by atoms with E-state index in [1.165, 1.54) is 105 Å². The average Bonchev–Trinajstić information content (AvgIpc) is 3.92. The van der Waals surface area contributed by atoms with E-state index in [1.807, 2.05) is 0 Å². The van der Waals surface area contributed by atoms with Crippen molar-refractivity contribution in [1.82, 2.24) is 13.7 Å². The van der Waals surface area contributed by atoms with E-state index in [0.717, 1.165) is 25.7 Å². The van der Waals surface area contributed by atoms with Crippen molar-refractivity contribution in [3.05, 3.63) is 198 Å². The summed E-state index contributed by atoms with van der Waals surface area (Å²) in [5.41, 5.74) is 19.1. The quantitative estimate of drug-likeness (QED) is 0.168. The molecular weight excluding hydrogens is 691 g/mol. The first kappa shape index (κ1) is 32.2. The maximum absolute atomic E-state index is 2.50. The highest BCUT2D eigenvalue weighted by atomic mass is 15.0. The van der Waals surface area contributed by atoms with E-state index >= 15 is 0 Å². The van der Waals surface area contributed by atoms with Crippen LogP contribution in [0.15, 0.2) is 176 Å². The fraction of sp³-hybridized carbons (Fsp3) is 0.0741. The monoisotopic (exact) mass is 729 g/mol. The number of fused-ring (bicyclic) bond motifs is 9. The van der Waals surface area contributed by atoms with E-state index in [9.17, 15) is 0 Å². The first-order chi connectivity index (χ1) is 28.3. The van der Waals surface area contributed by atoms with Gasteiger partial charge in [-0.1, -0.05) is 121 Å². The largest absolute Gasteiger partial charge is 0.313 e. The second-order valence-corrected chi connectivity index (χ2v) is 15.6. The number of nitrogens with zero attached hydrogens (tertiary/aromatic N) is 3. The van der Waals surface area contributed by atoms with Crippen molar-refractivity contribution in [1.29, 1.82) is 0 Å². The number of allylic oxidation sites excluding steroid dienone is 2.